The van der Waals surface area contributed by atoms with Crippen molar-refractivity contribution in [2.24, 2.45) is 5.73 Å². The highest BCUT2D eigenvalue weighted by Crippen LogP contribution is 2.42. The lowest BCUT2D eigenvalue weighted by molar-refractivity contribution is 0.161. The van der Waals surface area contributed by atoms with Crippen molar-refractivity contribution in [2.45, 2.75) is 18.6 Å². The van der Waals surface area contributed by atoms with Gasteiger partial charge in [0.25, 0.3) is 0 Å². The van der Waals surface area contributed by atoms with E-state index in [0.717, 1.165) is 21.3 Å². The van der Waals surface area contributed by atoms with Gasteiger partial charge in [-0.15, -0.1) is 0 Å². The smallest absolute Gasteiger partial charge is 0.127 e. The molecule has 1 aliphatic heterocycles. The Kier molecular flexibility index (Phi) is 3.95. The minimum atomic E-state index is -0.0926. The number of ether oxygens (including phenoxy) is 1. The van der Waals surface area contributed by atoms with E-state index in [0.29, 0.717) is 16.5 Å². The van der Waals surface area contributed by atoms with Crippen molar-refractivity contribution >= 4 is 39.1 Å². The van der Waals surface area contributed by atoms with Crippen LogP contribution in [0.5, 0.6) is 5.75 Å². The number of rotatable bonds is 1. The lowest BCUT2D eigenvalue weighted by Gasteiger charge is -2.31. The van der Waals surface area contributed by atoms with E-state index >= 15 is 0 Å². The Morgan fingerprint density at radius 3 is 2.50 bits per heavy atom. The van der Waals surface area contributed by atoms with Gasteiger partial charge in [0.1, 0.15) is 11.9 Å². The summed E-state index contributed by atoms with van der Waals surface area (Å²) in [4.78, 5) is 0. The normalized spacial score (nSPS) is 21.2. The Labute approximate surface area is 136 Å². The highest BCUT2D eigenvalue weighted by atomic mass is 79.9. The maximum Gasteiger partial charge on any atom is 0.127 e. The predicted octanol–water partition coefficient (Wildman–Crippen LogP) is 5.28. The summed E-state index contributed by atoms with van der Waals surface area (Å²) in [5.41, 5.74) is 8.25. The van der Waals surface area contributed by atoms with E-state index in [-0.39, 0.29) is 12.1 Å². The molecule has 0 saturated carbocycles. The quantitative estimate of drug-likeness (QED) is 0.738. The number of hydrogen-bond acceptors (Lipinski definition) is 2. The van der Waals surface area contributed by atoms with Crippen LogP contribution in [0.1, 0.15) is 29.7 Å². The molecule has 0 aromatic heterocycles. The van der Waals surface area contributed by atoms with Crippen LogP contribution in [0.25, 0.3) is 0 Å². The molecule has 1 heterocycles. The van der Waals surface area contributed by atoms with E-state index in [1.807, 2.05) is 36.4 Å². The summed E-state index contributed by atoms with van der Waals surface area (Å²) in [5.74, 6) is 0.792. The summed E-state index contributed by atoms with van der Waals surface area (Å²) in [6, 6.07) is 11.1. The van der Waals surface area contributed by atoms with Gasteiger partial charge in [0.05, 0.1) is 0 Å². The van der Waals surface area contributed by atoms with Gasteiger partial charge < -0.3 is 10.5 Å². The zero-order valence-corrected chi connectivity index (χ0v) is 13.5. The van der Waals surface area contributed by atoms with Crippen LogP contribution < -0.4 is 10.5 Å². The molecule has 0 aliphatic carbocycles. The van der Waals surface area contributed by atoms with Crippen LogP contribution in [-0.2, 0) is 0 Å². The summed E-state index contributed by atoms with van der Waals surface area (Å²) < 4.78 is 6.98. The first-order valence-electron chi connectivity index (χ1n) is 6.21. The first-order valence-corrected chi connectivity index (χ1v) is 7.76. The number of halogens is 3. The maximum atomic E-state index is 6.24. The lowest BCUT2D eigenvalue weighted by Crippen LogP contribution is -2.24. The van der Waals surface area contributed by atoms with Gasteiger partial charge in [-0.3, -0.25) is 0 Å². The molecule has 3 rings (SSSR count). The van der Waals surface area contributed by atoms with E-state index in [9.17, 15) is 0 Å². The second-order valence-corrected chi connectivity index (χ2v) is 6.52. The van der Waals surface area contributed by atoms with Gasteiger partial charge in [0, 0.05) is 38.1 Å². The third-order valence-corrected chi connectivity index (χ3v) is 4.57. The Bertz CT molecular complexity index is 662. The standard InChI is InChI=1S/C15H12BrCl2NO/c16-12-6-9(18)1-3-10(12)15-7-13(19)11-5-8(17)2-4-14(11)20-15/h1-6,13,15H,7,19H2/t13-,15?/m1/s1. The summed E-state index contributed by atoms with van der Waals surface area (Å²) in [6.07, 6.45) is 0.610. The largest absolute Gasteiger partial charge is 0.485 e. The van der Waals surface area contributed by atoms with Crippen molar-refractivity contribution in [1.29, 1.82) is 0 Å². The maximum absolute atomic E-state index is 6.24. The third kappa shape index (κ3) is 2.68. The summed E-state index contributed by atoms with van der Waals surface area (Å²) >= 11 is 15.5. The number of benzene rings is 2. The lowest BCUT2D eigenvalue weighted by atomic mass is 9.93. The topological polar surface area (TPSA) is 35.2 Å². The van der Waals surface area contributed by atoms with Crippen LogP contribution in [0.15, 0.2) is 40.9 Å². The van der Waals surface area contributed by atoms with Gasteiger partial charge >= 0.3 is 0 Å². The predicted molar refractivity (Wildman–Crippen MR) is 85.5 cm³/mol. The molecule has 2 aromatic carbocycles. The van der Waals surface area contributed by atoms with Crippen molar-refractivity contribution in [1.82, 2.24) is 0 Å². The monoisotopic (exact) mass is 371 g/mol. The SMILES string of the molecule is N[C@@H]1CC(c2ccc(Cl)cc2Br)Oc2ccc(Cl)cc21. The van der Waals surface area contributed by atoms with E-state index < -0.39 is 0 Å². The van der Waals surface area contributed by atoms with E-state index in [1.165, 1.54) is 0 Å². The molecular formula is C15H12BrCl2NO. The van der Waals surface area contributed by atoms with Crippen LogP contribution in [0.2, 0.25) is 10.0 Å². The molecule has 2 aromatic rings. The number of nitrogens with two attached hydrogens (primary N) is 1. The molecule has 2 N–H and O–H groups in total. The van der Waals surface area contributed by atoms with Gasteiger partial charge in [-0.25, -0.2) is 0 Å². The van der Waals surface area contributed by atoms with Gasteiger partial charge in [-0.2, -0.15) is 0 Å². The molecule has 104 valence electrons. The van der Waals surface area contributed by atoms with Crippen LogP contribution in [0.4, 0.5) is 0 Å². The molecule has 0 bridgehead atoms. The van der Waals surface area contributed by atoms with Crippen LogP contribution in [-0.4, -0.2) is 0 Å². The fraction of sp³-hybridized carbons (Fsp3) is 0.200. The molecule has 1 unspecified atom stereocenters. The van der Waals surface area contributed by atoms with Gasteiger partial charge in [0.2, 0.25) is 0 Å². The summed E-state index contributed by atoms with van der Waals surface area (Å²) in [6.45, 7) is 0. The number of hydrogen-bond donors (Lipinski definition) is 1. The molecule has 1 aliphatic rings. The van der Waals surface area contributed by atoms with Crippen LogP contribution >= 0.6 is 39.1 Å². The molecule has 0 fully saturated rings. The summed E-state index contributed by atoms with van der Waals surface area (Å²) in [7, 11) is 0. The Morgan fingerprint density at radius 1 is 1.05 bits per heavy atom. The Balaban J connectivity index is 1.97. The fourth-order valence-electron chi connectivity index (χ4n) is 2.43. The van der Waals surface area contributed by atoms with Crippen molar-refractivity contribution in [3.63, 3.8) is 0 Å². The first-order chi connectivity index (χ1) is 9.54. The van der Waals surface area contributed by atoms with Crippen molar-refractivity contribution in [2.75, 3.05) is 0 Å². The molecule has 0 saturated heterocycles. The molecule has 0 spiro atoms. The second kappa shape index (κ2) is 5.57. The fourth-order valence-corrected chi connectivity index (χ4v) is 3.55. The van der Waals surface area contributed by atoms with Crippen LogP contribution in [0, 0.1) is 0 Å². The minimum Gasteiger partial charge on any atom is -0.485 e. The van der Waals surface area contributed by atoms with Crippen molar-refractivity contribution in [3.05, 3.63) is 62.0 Å². The van der Waals surface area contributed by atoms with Crippen LogP contribution in [0.3, 0.4) is 0 Å². The average molecular weight is 373 g/mol. The molecule has 0 radical (unpaired) electrons. The highest BCUT2D eigenvalue weighted by molar-refractivity contribution is 9.10. The molecule has 0 amide bonds. The van der Waals surface area contributed by atoms with Crippen molar-refractivity contribution < 1.29 is 4.74 Å². The molecule has 5 heteroatoms. The Morgan fingerprint density at radius 2 is 1.75 bits per heavy atom. The summed E-state index contributed by atoms with van der Waals surface area (Å²) in [5, 5.41) is 1.36. The highest BCUT2D eigenvalue weighted by Gasteiger charge is 2.28. The van der Waals surface area contributed by atoms with Gasteiger partial charge in [0.15, 0.2) is 0 Å². The average Bonchev–Trinajstić information content (AvgIpc) is 2.39. The molecule has 20 heavy (non-hydrogen) atoms. The van der Waals surface area contributed by atoms with Gasteiger partial charge in [-0.1, -0.05) is 45.2 Å². The van der Waals surface area contributed by atoms with E-state index in [4.69, 9.17) is 33.7 Å². The first kappa shape index (κ1) is 14.2. The van der Waals surface area contributed by atoms with E-state index in [2.05, 4.69) is 15.9 Å². The minimum absolute atomic E-state index is 0.0923. The second-order valence-electron chi connectivity index (χ2n) is 4.80. The zero-order chi connectivity index (χ0) is 14.3. The van der Waals surface area contributed by atoms with Gasteiger partial charge in [-0.05, 0) is 30.3 Å². The number of fused-ring (bicyclic) bond motifs is 1. The third-order valence-electron chi connectivity index (χ3n) is 3.42. The molecule has 2 nitrogen and oxygen atoms in total. The molecular weight excluding hydrogens is 361 g/mol. The van der Waals surface area contributed by atoms with Crippen molar-refractivity contribution in [3.8, 4) is 5.75 Å². The zero-order valence-electron chi connectivity index (χ0n) is 10.4. The molecule has 2 atom stereocenters. The van der Waals surface area contributed by atoms with E-state index in [1.54, 1.807) is 0 Å². The Hall–Kier alpha value is -0.740.